The van der Waals surface area contributed by atoms with E-state index in [1.807, 2.05) is 0 Å². The van der Waals surface area contributed by atoms with E-state index in [9.17, 15) is 9.59 Å². The van der Waals surface area contributed by atoms with Gasteiger partial charge < -0.3 is 6.53 Å². The molecule has 0 bridgehead atoms. The Morgan fingerprint density at radius 1 is 1.00 bits per heavy atom. The number of unbranched alkanes of at least 4 members (excludes halogenated alkanes) is 8. The van der Waals surface area contributed by atoms with Gasteiger partial charge in [0.1, 0.15) is 11.8 Å². The van der Waals surface area contributed by atoms with Crippen molar-refractivity contribution in [2.75, 3.05) is 6.54 Å². The second kappa shape index (κ2) is 17.1. The number of hydrogen-bond donors (Lipinski definition) is 2. The summed E-state index contributed by atoms with van der Waals surface area (Å²) < 4.78 is 0. The van der Waals surface area contributed by atoms with Crippen LogP contribution in [0.1, 0.15) is 79.5 Å². The van der Waals surface area contributed by atoms with Crippen LogP contribution in [0.5, 0.6) is 0 Å². The first-order chi connectivity index (χ1) is 9.57. The van der Waals surface area contributed by atoms with Crippen LogP contribution < -0.4 is 56.7 Å². The number of carboxylic acid groups (broad SMARTS) is 1. The molecule has 0 spiro atoms. The average Bonchev–Trinajstić information content (AvgIpc) is 2.42. The number of rotatable bonds is 14. The molecule has 2 N–H and O–H groups in total. The number of ketones is 1. The standard InChI is InChI=1S/C16H31NO3.K.H/c1-3-4-5-6-7-8-9-10-11-12-15(18)13-17-14(2)16(19)20;;/h14,17H,3-13H2,1-2H3,(H,19,20);;/q;+1;-1. The number of carboxylic acids is 1. The predicted octanol–water partition coefficient (Wildman–Crippen LogP) is 0.656. The van der Waals surface area contributed by atoms with Crippen LogP contribution in [0, 0.1) is 0 Å². The van der Waals surface area contributed by atoms with Crippen molar-refractivity contribution in [1.29, 1.82) is 0 Å². The van der Waals surface area contributed by atoms with E-state index in [0.29, 0.717) is 6.42 Å². The van der Waals surface area contributed by atoms with E-state index in [4.69, 9.17) is 5.11 Å². The van der Waals surface area contributed by atoms with Crippen molar-refractivity contribution in [3.05, 3.63) is 0 Å². The zero-order valence-corrected chi connectivity index (χ0v) is 17.2. The topological polar surface area (TPSA) is 66.4 Å². The van der Waals surface area contributed by atoms with Gasteiger partial charge in [0.15, 0.2) is 0 Å². The van der Waals surface area contributed by atoms with E-state index in [1.165, 1.54) is 44.9 Å². The van der Waals surface area contributed by atoms with Crippen molar-refractivity contribution in [2.45, 2.75) is 84.1 Å². The summed E-state index contributed by atoms with van der Waals surface area (Å²) in [5.41, 5.74) is 0. The SMILES string of the molecule is CCCCCCCCCCCC(=O)CNC(C)C(=O)O.[H-].[K+]. The Labute approximate surface area is 173 Å². The van der Waals surface area contributed by atoms with Crippen molar-refractivity contribution in [2.24, 2.45) is 0 Å². The zero-order valence-electron chi connectivity index (χ0n) is 15.1. The molecule has 0 aliphatic carbocycles. The van der Waals surface area contributed by atoms with Crippen LogP contribution in [-0.2, 0) is 9.59 Å². The third-order valence-electron chi connectivity index (χ3n) is 3.54. The summed E-state index contributed by atoms with van der Waals surface area (Å²) in [7, 11) is 0. The van der Waals surface area contributed by atoms with E-state index < -0.39 is 12.0 Å². The minimum Gasteiger partial charge on any atom is -1.00 e. The number of carbonyl (C=O) groups is 2. The molecular formula is C16H32KNO3. The minimum absolute atomic E-state index is 0. The van der Waals surface area contributed by atoms with Gasteiger partial charge in [-0.1, -0.05) is 58.3 Å². The normalized spacial score (nSPS) is 11.7. The minimum atomic E-state index is -0.916. The van der Waals surface area contributed by atoms with Gasteiger partial charge in [0.2, 0.25) is 0 Å². The van der Waals surface area contributed by atoms with Crippen LogP contribution in [0.2, 0.25) is 0 Å². The first-order valence-electron chi connectivity index (χ1n) is 8.05. The molecule has 0 saturated heterocycles. The van der Waals surface area contributed by atoms with Crippen LogP contribution in [-0.4, -0.2) is 29.4 Å². The average molecular weight is 326 g/mol. The van der Waals surface area contributed by atoms with Gasteiger partial charge in [0.05, 0.1) is 6.54 Å². The molecule has 0 amide bonds. The van der Waals surface area contributed by atoms with Gasteiger partial charge in [-0.3, -0.25) is 14.9 Å². The Balaban J connectivity index is -0.00000180. The van der Waals surface area contributed by atoms with Crippen molar-refractivity contribution >= 4 is 11.8 Å². The van der Waals surface area contributed by atoms with Crippen molar-refractivity contribution in [1.82, 2.24) is 5.32 Å². The van der Waals surface area contributed by atoms with E-state index >= 15 is 0 Å². The van der Waals surface area contributed by atoms with Crippen LogP contribution in [0.15, 0.2) is 0 Å². The van der Waals surface area contributed by atoms with E-state index in [1.54, 1.807) is 6.92 Å². The maximum absolute atomic E-state index is 11.5. The molecule has 1 atom stereocenters. The van der Waals surface area contributed by atoms with Crippen LogP contribution in [0.25, 0.3) is 0 Å². The molecule has 0 aromatic carbocycles. The molecule has 0 rings (SSSR count). The molecule has 1 unspecified atom stereocenters. The second-order valence-electron chi connectivity index (χ2n) is 5.56. The first kappa shape index (κ1) is 24.0. The molecule has 0 fully saturated rings. The summed E-state index contributed by atoms with van der Waals surface area (Å²) >= 11 is 0. The van der Waals surface area contributed by atoms with Crippen molar-refractivity contribution < 1.29 is 67.5 Å². The molecule has 0 aliphatic rings. The van der Waals surface area contributed by atoms with Crippen LogP contribution >= 0.6 is 0 Å². The van der Waals surface area contributed by atoms with E-state index in [-0.39, 0.29) is 65.1 Å². The molecule has 0 saturated carbocycles. The number of nitrogens with one attached hydrogen (secondary N) is 1. The summed E-state index contributed by atoms with van der Waals surface area (Å²) in [5.74, 6) is -0.804. The maximum atomic E-state index is 11.5. The number of aliphatic carboxylic acids is 1. The molecule has 21 heavy (non-hydrogen) atoms. The fourth-order valence-corrected chi connectivity index (χ4v) is 2.08. The monoisotopic (exact) mass is 325 g/mol. The Hall–Kier alpha value is 0.736. The van der Waals surface area contributed by atoms with E-state index in [2.05, 4.69) is 12.2 Å². The molecule has 0 aromatic heterocycles. The van der Waals surface area contributed by atoms with Gasteiger partial charge in [-0.15, -0.1) is 0 Å². The molecule has 120 valence electrons. The van der Waals surface area contributed by atoms with E-state index in [0.717, 1.165) is 12.8 Å². The molecule has 4 nitrogen and oxygen atoms in total. The smallest absolute Gasteiger partial charge is 1.00 e. The van der Waals surface area contributed by atoms with Gasteiger partial charge in [-0.2, -0.15) is 0 Å². The summed E-state index contributed by atoms with van der Waals surface area (Å²) in [6.07, 6.45) is 11.7. The van der Waals surface area contributed by atoms with Gasteiger partial charge in [0, 0.05) is 6.42 Å². The fourth-order valence-electron chi connectivity index (χ4n) is 2.08. The third-order valence-corrected chi connectivity index (χ3v) is 3.54. The third kappa shape index (κ3) is 16.9. The Morgan fingerprint density at radius 3 is 1.95 bits per heavy atom. The second-order valence-corrected chi connectivity index (χ2v) is 5.56. The van der Waals surface area contributed by atoms with Crippen molar-refractivity contribution in [3.8, 4) is 0 Å². The van der Waals surface area contributed by atoms with Gasteiger partial charge in [0.25, 0.3) is 0 Å². The predicted molar refractivity (Wildman–Crippen MR) is 83.1 cm³/mol. The molecule has 0 aliphatic heterocycles. The van der Waals surface area contributed by atoms with Gasteiger partial charge in [-0.05, 0) is 13.3 Å². The Kier molecular flexibility index (Phi) is 19.5. The van der Waals surface area contributed by atoms with Gasteiger partial charge >= 0.3 is 57.4 Å². The molecule has 5 heteroatoms. The quantitative estimate of drug-likeness (QED) is 0.364. The summed E-state index contributed by atoms with van der Waals surface area (Å²) in [6.45, 7) is 3.95. The van der Waals surface area contributed by atoms with Crippen molar-refractivity contribution in [3.63, 3.8) is 0 Å². The summed E-state index contributed by atoms with van der Waals surface area (Å²) in [5, 5.41) is 11.4. The number of hydrogen-bond acceptors (Lipinski definition) is 3. The fraction of sp³-hybridized carbons (Fsp3) is 0.875. The summed E-state index contributed by atoms with van der Waals surface area (Å²) in [4.78, 5) is 22.1. The zero-order chi connectivity index (χ0) is 15.2. The largest absolute Gasteiger partial charge is 1.00 e. The first-order valence-corrected chi connectivity index (χ1v) is 8.05. The van der Waals surface area contributed by atoms with Crippen LogP contribution in [0.4, 0.5) is 0 Å². The molecule has 0 radical (unpaired) electrons. The number of Topliss-reactive ketones (excluding diaryl/α,β-unsaturated/α-hetero) is 1. The molecular weight excluding hydrogens is 293 g/mol. The van der Waals surface area contributed by atoms with Gasteiger partial charge in [-0.25, -0.2) is 0 Å². The molecule has 0 aromatic rings. The molecule has 0 heterocycles. The summed E-state index contributed by atoms with van der Waals surface area (Å²) in [6, 6.07) is -0.651. The van der Waals surface area contributed by atoms with Crippen LogP contribution in [0.3, 0.4) is 0 Å². The number of carbonyl (C=O) groups excluding carboxylic acids is 1. The Morgan fingerprint density at radius 2 is 1.48 bits per heavy atom. The Bertz CT molecular complexity index is 278. The maximum Gasteiger partial charge on any atom is 1.00 e.